The molecule has 0 aliphatic heterocycles. The first-order chi connectivity index (χ1) is 8.54. The first kappa shape index (κ1) is 12.2. The predicted molar refractivity (Wildman–Crippen MR) is 66.3 cm³/mol. The highest BCUT2D eigenvalue weighted by Gasteiger charge is 2.18. The van der Waals surface area contributed by atoms with Gasteiger partial charge in [0.25, 0.3) is 0 Å². The number of carboxylic acids is 1. The van der Waals surface area contributed by atoms with Gasteiger partial charge < -0.3 is 14.9 Å². The Morgan fingerprint density at radius 1 is 1.44 bits per heavy atom. The summed E-state index contributed by atoms with van der Waals surface area (Å²) < 4.78 is 5.32. The van der Waals surface area contributed by atoms with Crippen LogP contribution in [0.5, 0.6) is 11.5 Å². The van der Waals surface area contributed by atoms with Crippen LogP contribution in [0.4, 0.5) is 0 Å². The van der Waals surface area contributed by atoms with Crippen molar-refractivity contribution in [2.75, 3.05) is 6.61 Å². The highest BCUT2D eigenvalue weighted by molar-refractivity contribution is 6.05. The Labute approximate surface area is 104 Å². The Kier molecular flexibility index (Phi) is 3.06. The van der Waals surface area contributed by atoms with E-state index in [0.29, 0.717) is 29.0 Å². The maximum Gasteiger partial charge on any atom is 0.340 e. The van der Waals surface area contributed by atoms with Gasteiger partial charge in [0.2, 0.25) is 0 Å². The van der Waals surface area contributed by atoms with Crippen LogP contribution in [0.3, 0.4) is 0 Å². The Morgan fingerprint density at radius 2 is 2.17 bits per heavy atom. The summed E-state index contributed by atoms with van der Waals surface area (Å²) in [6.45, 7) is 3.89. The number of aromatic carboxylic acids is 1. The molecule has 5 heteroatoms. The molecule has 2 N–H and O–H groups in total. The second-order valence-corrected chi connectivity index (χ2v) is 3.84. The van der Waals surface area contributed by atoms with E-state index >= 15 is 0 Å². The number of ether oxygens (including phenoxy) is 1. The van der Waals surface area contributed by atoms with E-state index in [1.165, 1.54) is 0 Å². The average molecular weight is 247 g/mol. The van der Waals surface area contributed by atoms with Gasteiger partial charge in [-0.1, -0.05) is 0 Å². The minimum Gasteiger partial charge on any atom is -0.505 e. The van der Waals surface area contributed by atoms with Crippen LogP contribution in [0.2, 0.25) is 0 Å². The number of carboxylic acid groups (broad SMARTS) is 1. The molecule has 94 valence electrons. The lowest BCUT2D eigenvalue weighted by molar-refractivity contribution is 0.0695. The van der Waals surface area contributed by atoms with E-state index in [9.17, 15) is 15.0 Å². The van der Waals surface area contributed by atoms with Gasteiger partial charge in [-0.3, -0.25) is 0 Å². The predicted octanol–water partition coefficient (Wildman–Crippen LogP) is 2.35. The summed E-state index contributed by atoms with van der Waals surface area (Å²) in [4.78, 5) is 15.4. The molecule has 0 fully saturated rings. The number of fused-ring (bicyclic) bond motifs is 1. The second-order valence-electron chi connectivity index (χ2n) is 3.84. The zero-order chi connectivity index (χ0) is 13.3. The van der Waals surface area contributed by atoms with Crippen molar-refractivity contribution in [3.63, 3.8) is 0 Å². The highest BCUT2D eigenvalue weighted by atomic mass is 16.5. The number of carbonyl (C=O) groups is 1. The number of aromatic hydroxyl groups is 1. The molecule has 0 atom stereocenters. The lowest BCUT2D eigenvalue weighted by Gasteiger charge is -2.09. The summed E-state index contributed by atoms with van der Waals surface area (Å²) in [5.41, 5.74) is 0.675. The van der Waals surface area contributed by atoms with Crippen molar-refractivity contribution in [2.45, 2.75) is 13.8 Å². The van der Waals surface area contributed by atoms with Crippen molar-refractivity contribution >= 4 is 16.9 Å². The van der Waals surface area contributed by atoms with Crippen LogP contribution in [0.1, 0.15) is 23.0 Å². The van der Waals surface area contributed by atoms with Gasteiger partial charge in [0, 0.05) is 5.39 Å². The third kappa shape index (κ3) is 1.95. The Balaban J connectivity index is 2.78. The lowest BCUT2D eigenvalue weighted by atomic mass is 10.1. The Morgan fingerprint density at radius 3 is 2.78 bits per heavy atom. The Hall–Kier alpha value is -2.30. The van der Waals surface area contributed by atoms with Crippen molar-refractivity contribution in [2.24, 2.45) is 0 Å². The van der Waals surface area contributed by atoms with Gasteiger partial charge in [-0.2, -0.15) is 0 Å². The number of hydrogen-bond acceptors (Lipinski definition) is 4. The number of benzene rings is 1. The maximum atomic E-state index is 11.2. The standard InChI is InChI=1S/C13H13NO4/c1-3-18-8-4-5-10-9(6-8)11(13(16)17)12(15)7(2)14-10/h4-6,15H,3H2,1-2H3,(H,16,17). The molecule has 0 spiro atoms. The first-order valence-corrected chi connectivity index (χ1v) is 5.54. The number of aromatic nitrogens is 1. The van der Waals surface area contributed by atoms with Crippen molar-refractivity contribution in [1.82, 2.24) is 4.98 Å². The third-order valence-corrected chi connectivity index (χ3v) is 2.63. The van der Waals surface area contributed by atoms with Crippen LogP contribution in [-0.4, -0.2) is 27.8 Å². The van der Waals surface area contributed by atoms with Crippen LogP contribution in [0.25, 0.3) is 10.9 Å². The molecule has 5 nitrogen and oxygen atoms in total. The zero-order valence-electron chi connectivity index (χ0n) is 10.1. The van der Waals surface area contributed by atoms with E-state index < -0.39 is 5.97 Å². The van der Waals surface area contributed by atoms with Gasteiger partial charge in [0.05, 0.1) is 17.8 Å². The van der Waals surface area contributed by atoms with Crippen molar-refractivity contribution in [3.8, 4) is 11.5 Å². The zero-order valence-corrected chi connectivity index (χ0v) is 10.1. The number of aryl methyl sites for hydroxylation is 1. The fourth-order valence-electron chi connectivity index (χ4n) is 1.83. The smallest absolute Gasteiger partial charge is 0.340 e. The molecule has 18 heavy (non-hydrogen) atoms. The summed E-state index contributed by atoms with van der Waals surface area (Å²) >= 11 is 0. The van der Waals surface area contributed by atoms with Crippen molar-refractivity contribution < 1.29 is 19.7 Å². The summed E-state index contributed by atoms with van der Waals surface area (Å²) in [5.74, 6) is -0.933. The molecule has 0 saturated carbocycles. The highest BCUT2D eigenvalue weighted by Crippen LogP contribution is 2.30. The molecule has 2 rings (SSSR count). The molecule has 0 bridgehead atoms. The summed E-state index contributed by atoms with van der Waals surface area (Å²) in [7, 11) is 0. The molecule has 0 amide bonds. The largest absolute Gasteiger partial charge is 0.505 e. The minimum absolute atomic E-state index is 0.140. The van der Waals surface area contributed by atoms with E-state index in [1.54, 1.807) is 25.1 Å². The van der Waals surface area contributed by atoms with Crippen LogP contribution >= 0.6 is 0 Å². The second kappa shape index (κ2) is 4.52. The number of nitrogens with zero attached hydrogens (tertiary/aromatic N) is 1. The van der Waals surface area contributed by atoms with E-state index in [4.69, 9.17) is 4.74 Å². The number of hydrogen-bond donors (Lipinski definition) is 2. The van der Waals surface area contributed by atoms with E-state index in [2.05, 4.69) is 4.98 Å². The Bertz CT molecular complexity index is 622. The van der Waals surface area contributed by atoms with Gasteiger partial charge in [-0.15, -0.1) is 0 Å². The fraction of sp³-hybridized carbons (Fsp3) is 0.231. The third-order valence-electron chi connectivity index (χ3n) is 2.63. The van der Waals surface area contributed by atoms with E-state index in [1.807, 2.05) is 6.92 Å². The summed E-state index contributed by atoms with van der Waals surface area (Å²) in [5, 5.41) is 19.4. The molecule has 0 aliphatic carbocycles. The van der Waals surface area contributed by atoms with Crippen LogP contribution in [0, 0.1) is 6.92 Å². The SMILES string of the molecule is CCOc1ccc2nc(C)c(O)c(C(=O)O)c2c1. The molecule has 1 heterocycles. The molecular weight excluding hydrogens is 234 g/mol. The number of rotatable bonds is 3. The summed E-state index contributed by atoms with van der Waals surface area (Å²) in [6.07, 6.45) is 0. The van der Waals surface area contributed by atoms with E-state index in [0.717, 1.165) is 0 Å². The van der Waals surface area contributed by atoms with Crippen molar-refractivity contribution in [1.29, 1.82) is 0 Å². The van der Waals surface area contributed by atoms with Gasteiger partial charge in [0.1, 0.15) is 11.3 Å². The van der Waals surface area contributed by atoms with Gasteiger partial charge in [-0.05, 0) is 32.0 Å². The van der Waals surface area contributed by atoms with Gasteiger partial charge in [-0.25, -0.2) is 9.78 Å². The average Bonchev–Trinajstić information content (AvgIpc) is 2.31. The molecule has 0 saturated heterocycles. The van der Waals surface area contributed by atoms with Gasteiger partial charge >= 0.3 is 5.97 Å². The molecule has 1 aromatic carbocycles. The normalized spacial score (nSPS) is 10.6. The van der Waals surface area contributed by atoms with Crippen LogP contribution < -0.4 is 4.74 Å². The maximum absolute atomic E-state index is 11.2. The molecular formula is C13H13NO4. The van der Waals surface area contributed by atoms with Crippen molar-refractivity contribution in [3.05, 3.63) is 29.5 Å². The first-order valence-electron chi connectivity index (χ1n) is 5.54. The topological polar surface area (TPSA) is 79.7 Å². The molecule has 1 aromatic heterocycles. The fourth-order valence-corrected chi connectivity index (χ4v) is 1.83. The van der Waals surface area contributed by atoms with E-state index in [-0.39, 0.29) is 11.3 Å². The van der Waals surface area contributed by atoms with Gasteiger partial charge in [0.15, 0.2) is 5.75 Å². The van der Waals surface area contributed by atoms with Crippen LogP contribution in [-0.2, 0) is 0 Å². The summed E-state index contributed by atoms with van der Waals surface area (Å²) in [6, 6.07) is 4.98. The number of pyridine rings is 1. The molecule has 0 unspecified atom stereocenters. The minimum atomic E-state index is -1.18. The monoisotopic (exact) mass is 247 g/mol. The molecule has 0 radical (unpaired) electrons. The quantitative estimate of drug-likeness (QED) is 0.870. The lowest BCUT2D eigenvalue weighted by Crippen LogP contribution is -2.02. The van der Waals surface area contributed by atoms with Crippen LogP contribution in [0.15, 0.2) is 18.2 Å². The molecule has 2 aromatic rings. The molecule has 0 aliphatic rings.